The molecule has 7 nitrogen and oxygen atoms in total. The molecule has 0 spiro atoms. The van der Waals surface area contributed by atoms with Gasteiger partial charge in [0.25, 0.3) is 5.91 Å². The molecule has 1 aliphatic rings. The van der Waals surface area contributed by atoms with E-state index in [1.165, 1.54) is 4.90 Å². The molecule has 0 bridgehead atoms. The number of amides is 2. The molecule has 2 amide bonds. The van der Waals surface area contributed by atoms with E-state index in [9.17, 15) is 14.4 Å². The van der Waals surface area contributed by atoms with Crippen LogP contribution in [-0.2, 0) is 9.59 Å². The Kier molecular flexibility index (Phi) is 4.74. The summed E-state index contributed by atoms with van der Waals surface area (Å²) in [6, 6.07) is 9.38. The van der Waals surface area contributed by atoms with Gasteiger partial charge in [-0.15, -0.1) is 0 Å². The molecular weight excluding hydrogens is 322 g/mol. The van der Waals surface area contributed by atoms with Crippen LogP contribution in [0.15, 0.2) is 30.3 Å². The number of carboxylic acid groups (broad SMARTS) is 1. The molecule has 0 aliphatic carbocycles. The Balaban J connectivity index is 1.59. The van der Waals surface area contributed by atoms with Crippen LogP contribution < -0.4 is 0 Å². The van der Waals surface area contributed by atoms with Crippen LogP contribution in [0, 0.1) is 5.92 Å². The third-order valence-corrected chi connectivity index (χ3v) is 4.68. The number of hydrogen-bond donors (Lipinski definition) is 2. The lowest BCUT2D eigenvalue weighted by Gasteiger charge is -2.31. The van der Waals surface area contributed by atoms with Crippen LogP contribution in [0.25, 0.3) is 10.9 Å². The number of nitrogens with zero attached hydrogens (tertiary/aromatic N) is 2. The number of fused-ring (bicyclic) bond motifs is 1. The zero-order valence-corrected chi connectivity index (χ0v) is 14.1. The minimum Gasteiger partial charge on any atom is -0.481 e. The fourth-order valence-corrected chi connectivity index (χ4v) is 3.14. The Morgan fingerprint density at radius 2 is 1.92 bits per heavy atom. The summed E-state index contributed by atoms with van der Waals surface area (Å²) < 4.78 is 0. The van der Waals surface area contributed by atoms with Gasteiger partial charge in [-0.25, -0.2) is 0 Å². The van der Waals surface area contributed by atoms with Gasteiger partial charge in [0.15, 0.2) is 0 Å². The van der Waals surface area contributed by atoms with Crippen molar-refractivity contribution in [3.8, 4) is 0 Å². The predicted molar refractivity (Wildman–Crippen MR) is 92.2 cm³/mol. The van der Waals surface area contributed by atoms with E-state index >= 15 is 0 Å². The highest BCUT2D eigenvalue weighted by Crippen LogP contribution is 2.18. The van der Waals surface area contributed by atoms with Crippen molar-refractivity contribution in [1.82, 2.24) is 14.8 Å². The minimum absolute atomic E-state index is 0.0219. The summed E-state index contributed by atoms with van der Waals surface area (Å²) >= 11 is 0. The van der Waals surface area contributed by atoms with E-state index in [4.69, 9.17) is 5.11 Å². The van der Waals surface area contributed by atoms with Gasteiger partial charge in [0.2, 0.25) is 5.91 Å². The van der Waals surface area contributed by atoms with E-state index in [1.807, 2.05) is 24.3 Å². The average Bonchev–Trinajstić information content (AvgIpc) is 3.05. The molecule has 0 atom stereocenters. The number of aromatic nitrogens is 1. The molecule has 2 heterocycles. The molecule has 0 saturated carbocycles. The van der Waals surface area contributed by atoms with Crippen molar-refractivity contribution in [3.63, 3.8) is 0 Å². The molecular formula is C18H21N3O4. The van der Waals surface area contributed by atoms with Crippen LogP contribution in [0.2, 0.25) is 0 Å². The topological polar surface area (TPSA) is 93.7 Å². The average molecular weight is 343 g/mol. The van der Waals surface area contributed by atoms with Crippen LogP contribution in [0.4, 0.5) is 0 Å². The number of piperidine rings is 1. The van der Waals surface area contributed by atoms with Crippen molar-refractivity contribution in [3.05, 3.63) is 36.0 Å². The molecule has 1 aromatic carbocycles. The standard InChI is InChI=1S/C18H21N3O4/c1-20(11-16(22)21-8-6-12(7-9-21)18(24)25)17(23)15-10-13-4-2-3-5-14(13)19-15/h2-5,10,12,19H,6-9,11H2,1H3,(H,24,25). The first-order valence-electron chi connectivity index (χ1n) is 8.29. The number of carbonyl (C=O) groups is 3. The maximum atomic E-state index is 12.5. The first-order valence-corrected chi connectivity index (χ1v) is 8.29. The van der Waals surface area contributed by atoms with Gasteiger partial charge in [-0.1, -0.05) is 18.2 Å². The van der Waals surface area contributed by atoms with Gasteiger partial charge < -0.3 is 19.9 Å². The molecule has 2 aromatic rings. The fourth-order valence-electron chi connectivity index (χ4n) is 3.14. The number of carboxylic acids is 1. The molecule has 2 N–H and O–H groups in total. The second-order valence-electron chi connectivity index (χ2n) is 6.42. The van der Waals surface area contributed by atoms with E-state index in [1.54, 1.807) is 18.0 Å². The number of carbonyl (C=O) groups excluding carboxylic acids is 2. The Bertz CT molecular complexity index is 773. The summed E-state index contributed by atoms with van der Waals surface area (Å²) in [6.07, 6.45) is 0.918. The van der Waals surface area contributed by atoms with Crippen molar-refractivity contribution in [2.24, 2.45) is 5.92 Å². The van der Waals surface area contributed by atoms with E-state index in [0.29, 0.717) is 31.6 Å². The monoisotopic (exact) mass is 343 g/mol. The highest BCUT2D eigenvalue weighted by atomic mass is 16.4. The molecule has 1 fully saturated rings. The van der Waals surface area contributed by atoms with Crippen LogP contribution >= 0.6 is 0 Å². The molecule has 7 heteroatoms. The van der Waals surface area contributed by atoms with Crippen LogP contribution in [0.3, 0.4) is 0 Å². The lowest BCUT2D eigenvalue weighted by atomic mass is 9.97. The summed E-state index contributed by atoms with van der Waals surface area (Å²) in [6.45, 7) is 0.820. The third-order valence-electron chi connectivity index (χ3n) is 4.68. The zero-order chi connectivity index (χ0) is 18.0. The van der Waals surface area contributed by atoms with Gasteiger partial charge in [0.05, 0.1) is 12.5 Å². The van der Waals surface area contributed by atoms with E-state index in [2.05, 4.69) is 4.98 Å². The predicted octanol–water partition coefficient (Wildman–Crippen LogP) is 1.56. The second kappa shape index (κ2) is 6.96. The molecule has 1 aliphatic heterocycles. The summed E-state index contributed by atoms with van der Waals surface area (Å²) in [5, 5.41) is 9.95. The number of benzene rings is 1. The summed E-state index contributed by atoms with van der Waals surface area (Å²) in [5.41, 5.74) is 1.32. The third kappa shape index (κ3) is 3.65. The number of aromatic amines is 1. The molecule has 1 aromatic heterocycles. The van der Waals surface area contributed by atoms with Crippen LogP contribution in [0.1, 0.15) is 23.3 Å². The normalized spacial score (nSPS) is 15.3. The highest BCUT2D eigenvalue weighted by Gasteiger charge is 2.28. The number of nitrogens with one attached hydrogen (secondary N) is 1. The SMILES string of the molecule is CN(CC(=O)N1CCC(C(=O)O)CC1)C(=O)c1cc2ccccc2[nH]1. The van der Waals surface area contributed by atoms with Gasteiger partial charge in [-0.2, -0.15) is 0 Å². The molecule has 1 saturated heterocycles. The molecule has 0 radical (unpaired) electrons. The van der Waals surface area contributed by atoms with Crippen molar-refractivity contribution in [1.29, 1.82) is 0 Å². The summed E-state index contributed by atoms with van der Waals surface area (Å²) in [4.78, 5) is 41.9. The van der Waals surface area contributed by atoms with Crippen molar-refractivity contribution in [2.75, 3.05) is 26.7 Å². The molecule has 0 unspecified atom stereocenters. The number of likely N-dealkylation sites (N-methyl/N-ethyl adjacent to an activating group) is 1. The van der Waals surface area contributed by atoms with Gasteiger partial charge in [-0.3, -0.25) is 14.4 Å². The Morgan fingerprint density at radius 3 is 2.56 bits per heavy atom. The number of rotatable bonds is 4. The van der Waals surface area contributed by atoms with Gasteiger partial charge in [-0.05, 0) is 25.0 Å². The molecule has 132 valence electrons. The van der Waals surface area contributed by atoms with Crippen LogP contribution in [0.5, 0.6) is 0 Å². The van der Waals surface area contributed by atoms with Crippen molar-refractivity contribution >= 4 is 28.7 Å². The number of aliphatic carboxylic acids is 1. The minimum atomic E-state index is -0.807. The van der Waals surface area contributed by atoms with Gasteiger partial charge in [0, 0.05) is 31.0 Å². The van der Waals surface area contributed by atoms with E-state index in [0.717, 1.165) is 10.9 Å². The number of likely N-dealkylation sites (tertiary alicyclic amines) is 1. The van der Waals surface area contributed by atoms with Crippen molar-refractivity contribution in [2.45, 2.75) is 12.8 Å². The van der Waals surface area contributed by atoms with Crippen LogP contribution in [-0.4, -0.2) is 64.4 Å². The highest BCUT2D eigenvalue weighted by molar-refractivity contribution is 5.99. The molecule has 3 rings (SSSR count). The summed E-state index contributed by atoms with van der Waals surface area (Å²) in [7, 11) is 1.59. The van der Waals surface area contributed by atoms with Crippen molar-refractivity contribution < 1.29 is 19.5 Å². The van der Waals surface area contributed by atoms with E-state index in [-0.39, 0.29) is 24.3 Å². The lowest BCUT2D eigenvalue weighted by Crippen LogP contribution is -2.45. The zero-order valence-electron chi connectivity index (χ0n) is 14.1. The van der Waals surface area contributed by atoms with Gasteiger partial charge >= 0.3 is 5.97 Å². The van der Waals surface area contributed by atoms with Gasteiger partial charge in [0.1, 0.15) is 5.69 Å². The fraction of sp³-hybridized carbons (Fsp3) is 0.389. The molecule has 25 heavy (non-hydrogen) atoms. The maximum absolute atomic E-state index is 12.5. The smallest absolute Gasteiger partial charge is 0.306 e. The lowest BCUT2D eigenvalue weighted by molar-refractivity contribution is -0.145. The Labute approximate surface area is 145 Å². The quantitative estimate of drug-likeness (QED) is 0.881. The Hall–Kier alpha value is -2.83. The largest absolute Gasteiger partial charge is 0.481 e. The number of para-hydroxylation sites is 1. The maximum Gasteiger partial charge on any atom is 0.306 e. The summed E-state index contributed by atoms with van der Waals surface area (Å²) in [5.74, 6) is -1.59. The first-order chi connectivity index (χ1) is 12.0. The first kappa shape index (κ1) is 17.0. The second-order valence-corrected chi connectivity index (χ2v) is 6.42. The number of H-pyrrole nitrogens is 1. The van der Waals surface area contributed by atoms with E-state index < -0.39 is 5.97 Å². The number of hydrogen-bond acceptors (Lipinski definition) is 3. The Morgan fingerprint density at radius 1 is 1.24 bits per heavy atom.